The van der Waals surface area contributed by atoms with E-state index in [-0.39, 0.29) is 12.4 Å². The van der Waals surface area contributed by atoms with Crippen LogP contribution in [0.25, 0.3) is 0 Å². The molecule has 94 valence electrons. The Morgan fingerprint density at radius 1 is 1.12 bits per heavy atom. The van der Waals surface area contributed by atoms with Crippen LogP contribution >= 0.6 is 12.4 Å². The summed E-state index contributed by atoms with van der Waals surface area (Å²) in [4.78, 5) is 0. The van der Waals surface area contributed by atoms with Crippen LogP contribution in [0.3, 0.4) is 0 Å². The summed E-state index contributed by atoms with van der Waals surface area (Å²) < 4.78 is 0. The van der Waals surface area contributed by atoms with Gasteiger partial charge in [0.2, 0.25) is 0 Å². The van der Waals surface area contributed by atoms with Gasteiger partial charge in [0, 0.05) is 6.54 Å². The van der Waals surface area contributed by atoms with Gasteiger partial charge < -0.3 is 5.32 Å². The normalized spacial score (nSPS) is 18.7. The van der Waals surface area contributed by atoms with Crippen molar-refractivity contribution in [3.8, 4) is 0 Å². The van der Waals surface area contributed by atoms with Gasteiger partial charge in [-0.2, -0.15) is 0 Å². The van der Waals surface area contributed by atoms with Gasteiger partial charge >= 0.3 is 0 Å². The van der Waals surface area contributed by atoms with E-state index in [0.29, 0.717) is 0 Å². The van der Waals surface area contributed by atoms with Gasteiger partial charge in [-0.1, -0.05) is 42.5 Å². The zero-order valence-corrected chi connectivity index (χ0v) is 11.1. The zero-order valence-electron chi connectivity index (χ0n) is 10.3. The number of benzene rings is 1. The van der Waals surface area contributed by atoms with Crippen LogP contribution in [-0.4, -0.2) is 6.54 Å². The SMILES string of the molecule is C1=CCC(CCNCc2ccccc2)CC1.Cl. The van der Waals surface area contributed by atoms with Crippen molar-refractivity contribution in [3.05, 3.63) is 48.0 Å². The first-order valence-electron chi connectivity index (χ1n) is 6.35. The smallest absolute Gasteiger partial charge is 0.0205 e. The van der Waals surface area contributed by atoms with E-state index in [1.165, 1.54) is 31.2 Å². The molecular weight excluding hydrogens is 230 g/mol. The molecule has 1 aromatic carbocycles. The molecular formula is C15H22ClN. The fourth-order valence-electron chi connectivity index (χ4n) is 2.25. The van der Waals surface area contributed by atoms with E-state index in [9.17, 15) is 0 Å². The van der Waals surface area contributed by atoms with Gasteiger partial charge in [-0.3, -0.25) is 0 Å². The van der Waals surface area contributed by atoms with Crippen molar-refractivity contribution in [3.63, 3.8) is 0 Å². The van der Waals surface area contributed by atoms with Gasteiger partial charge in [0.15, 0.2) is 0 Å². The fourth-order valence-corrected chi connectivity index (χ4v) is 2.25. The van der Waals surface area contributed by atoms with Crippen molar-refractivity contribution in [2.75, 3.05) is 6.54 Å². The van der Waals surface area contributed by atoms with Gasteiger partial charge in [-0.25, -0.2) is 0 Å². The lowest BCUT2D eigenvalue weighted by molar-refractivity contribution is 0.430. The standard InChI is InChI=1S/C15H21N.ClH/c1-3-7-14(8-4-1)11-12-16-13-15-9-5-2-6-10-15;/h1-3,5-6,9-10,14,16H,4,7-8,11-13H2;1H. The predicted octanol–water partition coefficient (Wildman–Crippen LogP) is 3.94. The highest BCUT2D eigenvalue weighted by atomic mass is 35.5. The molecule has 1 nitrogen and oxygen atoms in total. The Morgan fingerprint density at radius 3 is 2.65 bits per heavy atom. The van der Waals surface area contributed by atoms with Crippen molar-refractivity contribution < 1.29 is 0 Å². The largest absolute Gasteiger partial charge is 0.313 e. The molecule has 0 heterocycles. The lowest BCUT2D eigenvalue weighted by Gasteiger charge is -2.17. The first kappa shape index (κ1) is 14.3. The molecule has 1 N–H and O–H groups in total. The van der Waals surface area contributed by atoms with Crippen LogP contribution < -0.4 is 5.32 Å². The van der Waals surface area contributed by atoms with Crippen LogP contribution in [0.2, 0.25) is 0 Å². The Hall–Kier alpha value is -0.790. The van der Waals surface area contributed by atoms with Gasteiger partial charge in [-0.15, -0.1) is 12.4 Å². The van der Waals surface area contributed by atoms with Crippen molar-refractivity contribution in [2.24, 2.45) is 5.92 Å². The molecule has 0 bridgehead atoms. The summed E-state index contributed by atoms with van der Waals surface area (Å²) in [6.45, 7) is 2.15. The molecule has 1 atom stereocenters. The lowest BCUT2D eigenvalue weighted by atomic mass is 9.91. The first-order chi connectivity index (χ1) is 7.95. The van der Waals surface area contributed by atoms with Crippen LogP contribution in [0.1, 0.15) is 31.2 Å². The van der Waals surface area contributed by atoms with Crippen LogP contribution in [0.15, 0.2) is 42.5 Å². The maximum absolute atomic E-state index is 3.52. The molecule has 2 heteroatoms. The van der Waals surface area contributed by atoms with Gasteiger partial charge in [0.1, 0.15) is 0 Å². The fraction of sp³-hybridized carbons (Fsp3) is 0.467. The monoisotopic (exact) mass is 251 g/mol. The number of rotatable bonds is 5. The summed E-state index contributed by atoms with van der Waals surface area (Å²) in [7, 11) is 0. The Kier molecular flexibility index (Phi) is 6.99. The molecule has 1 aromatic rings. The number of hydrogen-bond acceptors (Lipinski definition) is 1. The molecule has 0 amide bonds. The van der Waals surface area contributed by atoms with Crippen LogP contribution in [0.4, 0.5) is 0 Å². The number of nitrogens with one attached hydrogen (secondary N) is 1. The minimum atomic E-state index is 0. The summed E-state index contributed by atoms with van der Waals surface area (Å²) >= 11 is 0. The molecule has 1 unspecified atom stereocenters. The molecule has 1 aliphatic carbocycles. The third-order valence-corrected chi connectivity index (χ3v) is 3.28. The zero-order chi connectivity index (χ0) is 11.1. The van der Waals surface area contributed by atoms with Crippen molar-refractivity contribution in [1.82, 2.24) is 5.32 Å². The number of halogens is 1. The van der Waals surface area contributed by atoms with E-state index in [0.717, 1.165) is 19.0 Å². The average Bonchev–Trinajstić information content (AvgIpc) is 2.37. The number of hydrogen-bond donors (Lipinski definition) is 1. The Balaban J connectivity index is 0.00000144. The summed E-state index contributed by atoms with van der Waals surface area (Å²) in [5, 5.41) is 3.52. The van der Waals surface area contributed by atoms with Crippen molar-refractivity contribution in [2.45, 2.75) is 32.2 Å². The first-order valence-corrected chi connectivity index (χ1v) is 6.35. The van der Waals surface area contributed by atoms with E-state index in [1.807, 2.05) is 0 Å². The molecule has 0 aliphatic heterocycles. The summed E-state index contributed by atoms with van der Waals surface area (Å²) in [6.07, 6.45) is 9.91. The van der Waals surface area contributed by atoms with Gasteiger partial charge in [-0.05, 0) is 43.7 Å². The quantitative estimate of drug-likeness (QED) is 0.617. The van der Waals surface area contributed by atoms with E-state index >= 15 is 0 Å². The molecule has 0 fully saturated rings. The maximum atomic E-state index is 3.52. The minimum Gasteiger partial charge on any atom is -0.313 e. The lowest BCUT2D eigenvalue weighted by Crippen LogP contribution is -2.18. The highest BCUT2D eigenvalue weighted by Crippen LogP contribution is 2.20. The van der Waals surface area contributed by atoms with Crippen LogP contribution in [-0.2, 0) is 6.54 Å². The molecule has 17 heavy (non-hydrogen) atoms. The molecule has 0 saturated carbocycles. The average molecular weight is 252 g/mol. The Bertz CT molecular complexity index is 321. The van der Waals surface area contributed by atoms with E-state index in [4.69, 9.17) is 0 Å². The van der Waals surface area contributed by atoms with Crippen LogP contribution in [0, 0.1) is 5.92 Å². The summed E-state index contributed by atoms with van der Waals surface area (Å²) in [5.41, 5.74) is 1.38. The topological polar surface area (TPSA) is 12.0 Å². The van der Waals surface area contributed by atoms with E-state index < -0.39 is 0 Å². The maximum Gasteiger partial charge on any atom is 0.0205 e. The second kappa shape index (κ2) is 8.32. The molecule has 0 radical (unpaired) electrons. The minimum absolute atomic E-state index is 0. The molecule has 0 aromatic heterocycles. The third-order valence-electron chi connectivity index (χ3n) is 3.28. The van der Waals surface area contributed by atoms with Gasteiger partial charge in [0.05, 0.1) is 0 Å². The van der Waals surface area contributed by atoms with Crippen molar-refractivity contribution >= 4 is 12.4 Å². The number of allylic oxidation sites excluding steroid dienone is 2. The molecule has 2 rings (SSSR count). The van der Waals surface area contributed by atoms with E-state index in [1.54, 1.807) is 0 Å². The Labute approximate surface area is 111 Å². The Morgan fingerprint density at radius 2 is 1.94 bits per heavy atom. The molecule has 0 saturated heterocycles. The molecule has 1 aliphatic rings. The summed E-state index contributed by atoms with van der Waals surface area (Å²) in [6, 6.07) is 10.6. The third kappa shape index (κ3) is 5.38. The van der Waals surface area contributed by atoms with E-state index in [2.05, 4.69) is 47.8 Å². The van der Waals surface area contributed by atoms with Crippen molar-refractivity contribution in [1.29, 1.82) is 0 Å². The summed E-state index contributed by atoms with van der Waals surface area (Å²) in [5.74, 6) is 0.910. The second-order valence-corrected chi connectivity index (χ2v) is 4.60. The highest BCUT2D eigenvalue weighted by molar-refractivity contribution is 5.85. The predicted molar refractivity (Wildman–Crippen MR) is 76.5 cm³/mol. The molecule has 0 spiro atoms. The highest BCUT2D eigenvalue weighted by Gasteiger charge is 2.08. The van der Waals surface area contributed by atoms with Gasteiger partial charge in [0.25, 0.3) is 0 Å². The van der Waals surface area contributed by atoms with Crippen LogP contribution in [0.5, 0.6) is 0 Å². The second-order valence-electron chi connectivity index (χ2n) is 4.60.